The number of aliphatic hydroxyl groups excluding tert-OH is 1. The maximum Gasteiger partial charge on any atom is 0.461 e. The van der Waals surface area contributed by atoms with Crippen LogP contribution in [0.2, 0.25) is 5.02 Å². The van der Waals surface area contributed by atoms with Crippen LogP contribution in [0.5, 0.6) is 0 Å². The first kappa shape index (κ1) is 11.6. The number of anilines is 1. The topological polar surface area (TPSA) is 99.0 Å². The summed E-state index contributed by atoms with van der Waals surface area (Å²) in [6.07, 6.45) is 0. The van der Waals surface area contributed by atoms with Crippen molar-refractivity contribution in [1.29, 1.82) is 0 Å². The smallest absolute Gasteiger partial charge is 0.461 e. The minimum atomic E-state index is -0.177. The lowest BCUT2D eigenvalue weighted by Crippen LogP contribution is -2.44. The van der Waals surface area contributed by atoms with E-state index in [1.807, 2.05) is 0 Å². The zero-order chi connectivity index (χ0) is 12.4. The summed E-state index contributed by atoms with van der Waals surface area (Å²) in [4.78, 5) is 0.333. The van der Waals surface area contributed by atoms with Crippen LogP contribution in [0, 0.1) is 10.4 Å². The van der Waals surface area contributed by atoms with E-state index in [1.165, 1.54) is 18.2 Å². The highest BCUT2D eigenvalue weighted by atomic mass is 35.5. The van der Waals surface area contributed by atoms with Crippen LogP contribution in [-0.2, 0) is 0 Å². The number of halogens is 1. The fourth-order valence-corrected chi connectivity index (χ4v) is 1.56. The number of nitrogens with zero attached hydrogens (tertiary/aromatic N) is 3. The van der Waals surface area contributed by atoms with Gasteiger partial charge in [-0.2, -0.15) is 0 Å². The Morgan fingerprint density at radius 3 is 2.82 bits per heavy atom. The van der Waals surface area contributed by atoms with Gasteiger partial charge in [0, 0.05) is 22.0 Å². The molecule has 1 aromatic heterocycles. The summed E-state index contributed by atoms with van der Waals surface area (Å²) >= 11 is 5.76. The third-order valence-corrected chi connectivity index (χ3v) is 2.37. The van der Waals surface area contributed by atoms with Crippen molar-refractivity contribution in [1.82, 2.24) is 5.10 Å². The van der Waals surface area contributed by atoms with Gasteiger partial charge in [0.1, 0.15) is 0 Å². The lowest BCUT2D eigenvalue weighted by atomic mass is 10.3. The lowest BCUT2D eigenvalue weighted by molar-refractivity contribution is -0.672. The van der Waals surface area contributed by atoms with Gasteiger partial charge in [0.2, 0.25) is 5.10 Å². The van der Waals surface area contributed by atoms with E-state index in [4.69, 9.17) is 16.7 Å². The molecule has 0 unspecified atom stereocenters. The molecule has 0 saturated carbocycles. The minimum Gasteiger partial charge on any atom is -0.739 e. The molecule has 2 aromatic rings. The van der Waals surface area contributed by atoms with Crippen molar-refractivity contribution in [3.05, 3.63) is 33.6 Å². The number of nitrogens with one attached hydrogen (secondary N) is 1. The molecule has 8 heteroatoms. The first-order valence-electron chi connectivity index (χ1n) is 4.81. The lowest BCUT2D eigenvalue weighted by Gasteiger charge is -2.09. The Bertz CT molecular complexity index is 563. The van der Waals surface area contributed by atoms with Gasteiger partial charge in [0.25, 0.3) is 5.52 Å². The van der Waals surface area contributed by atoms with Gasteiger partial charge in [0.15, 0.2) is 5.52 Å². The predicted octanol–water partition coefficient (Wildman–Crippen LogP) is -0.441. The van der Waals surface area contributed by atoms with Crippen molar-refractivity contribution < 1.29 is 14.7 Å². The number of hydrogen-bond acceptors (Lipinski definition) is 5. The second-order valence-electron chi connectivity index (χ2n) is 3.27. The maximum atomic E-state index is 11.8. The van der Waals surface area contributed by atoms with E-state index in [1.54, 1.807) is 0 Å². The first-order valence-corrected chi connectivity index (χ1v) is 5.18. The van der Waals surface area contributed by atoms with Gasteiger partial charge in [-0.15, -0.1) is 0 Å². The molecular formula is C9H9ClN4O3. The van der Waals surface area contributed by atoms with Crippen LogP contribution < -0.4 is 14.9 Å². The normalized spacial score (nSPS) is 10.7. The summed E-state index contributed by atoms with van der Waals surface area (Å²) in [7, 11) is 0. The molecule has 0 amide bonds. The summed E-state index contributed by atoms with van der Waals surface area (Å²) in [5.41, 5.74) is 0.238. The molecule has 0 fully saturated rings. The molecule has 7 nitrogen and oxygen atoms in total. The highest BCUT2D eigenvalue weighted by Gasteiger charge is 2.19. The van der Waals surface area contributed by atoms with Gasteiger partial charge in [-0.25, -0.2) is 4.73 Å². The number of aromatic nitrogens is 3. The Balaban J connectivity index is 2.61. The average Bonchev–Trinajstić information content (AvgIpc) is 2.32. The molecule has 17 heavy (non-hydrogen) atoms. The largest absolute Gasteiger partial charge is 0.739 e. The predicted molar refractivity (Wildman–Crippen MR) is 60.2 cm³/mol. The van der Waals surface area contributed by atoms with Gasteiger partial charge in [-0.05, 0) is 6.07 Å². The summed E-state index contributed by atoms with van der Waals surface area (Å²) in [5.74, 6) is -0.177. The summed E-state index contributed by atoms with van der Waals surface area (Å²) in [6, 6.07) is 4.30. The second kappa shape index (κ2) is 4.56. The zero-order valence-electron chi connectivity index (χ0n) is 8.63. The molecule has 2 N–H and O–H groups in total. The highest BCUT2D eigenvalue weighted by Crippen LogP contribution is 2.13. The van der Waals surface area contributed by atoms with E-state index in [0.717, 1.165) is 0 Å². The van der Waals surface area contributed by atoms with E-state index >= 15 is 0 Å². The van der Waals surface area contributed by atoms with Crippen LogP contribution in [0.15, 0.2) is 18.2 Å². The standard InChI is InChI=1S/C9H9ClN4O3/c10-6-1-2-7-8(5-6)13(16)9(11-3-4-15)12-14(7)17/h1-2,5,15H,3-4H2,(H,11,12). The Hall–Kier alpha value is -1.86. The van der Waals surface area contributed by atoms with Gasteiger partial charge in [-0.3, -0.25) is 5.32 Å². The number of hydrogen-bond donors (Lipinski definition) is 2. The molecule has 0 aliphatic carbocycles. The molecule has 90 valence electrons. The summed E-state index contributed by atoms with van der Waals surface area (Å²) in [6.45, 7) is -0.0462. The van der Waals surface area contributed by atoms with Crippen LogP contribution in [-0.4, -0.2) is 23.4 Å². The molecule has 0 bridgehead atoms. The zero-order valence-corrected chi connectivity index (χ0v) is 9.39. The molecule has 1 aromatic carbocycles. The number of rotatable bonds is 3. The number of benzene rings is 1. The molecule has 0 spiro atoms. The van der Waals surface area contributed by atoms with E-state index in [9.17, 15) is 10.4 Å². The number of fused-ring (bicyclic) bond motifs is 1. The molecule has 2 rings (SSSR count). The molecule has 1 heterocycles. The number of aliphatic hydroxyl groups is 1. The third kappa shape index (κ3) is 2.15. The van der Waals surface area contributed by atoms with E-state index in [2.05, 4.69) is 10.4 Å². The molecule has 0 aliphatic heterocycles. The SMILES string of the molecule is [O-][n+]1nc(NCCO)[n+]([O-])c2cc(Cl)ccc21. The monoisotopic (exact) mass is 256 g/mol. The minimum absolute atomic E-state index is 0.114. The van der Waals surface area contributed by atoms with Crippen molar-refractivity contribution in [3.8, 4) is 0 Å². The Morgan fingerprint density at radius 1 is 1.35 bits per heavy atom. The van der Waals surface area contributed by atoms with E-state index < -0.39 is 0 Å². The fourth-order valence-electron chi connectivity index (χ4n) is 1.39. The summed E-state index contributed by atoms with van der Waals surface area (Å²) < 4.78 is 0.464. The first-order chi connectivity index (χ1) is 8.13. The van der Waals surface area contributed by atoms with Gasteiger partial charge >= 0.3 is 5.95 Å². The van der Waals surface area contributed by atoms with Gasteiger partial charge < -0.3 is 15.5 Å². The van der Waals surface area contributed by atoms with Crippen molar-refractivity contribution >= 4 is 28.6 Å². The van der Waals surface area contributed by atoms with Crippen LogP contribution in [0.1, 0.15) is 0 Å². The molecular weight excluding hydrogens is 248 g/mol. The fraction of sp³-hybridized carbons (Fsp3) is 0.222. The average molecular weight is 257 g/mol. The molecule has 0 atom stereocenters. The molecule has 0 radical (unpaired) electrons. The second-order valence-corrected chi connectivity index (χ2v) is 3.71. The Kier molecular flexibility index (Phi) is 3.12. The van der Waals surface area contributed by atoms with Crippen molar-refractivity contribution in [2.45, 2.75) is 0 Å². The van der Waals surface area contributed by atoms with E-state index in [0.29, 0.717) is 14.6 Å². The Morgan fingerprint density at radius 2 is 2.12 bits per heavy atom. The van der Waals surface area contributed by atoms with Crippen LogP contribution >= 0.6 is 11.6 Å². The highest BCUT2D eigenvalue weighted by molar-refractivity contribution is 6.31. The molecule has 0 saturated heterocycles. The van der Waals surface area contributed by atoms with Gasteiger partial charge in [0.05, 0.1) is 13.2 Å². The maximum absolute atomic E-state index is 11.8. The van der Waals surface area contributed by atoms with Gasteiger partial charge in [-0.1, -0.05) is 11.6 Å². The van der Waals surface area contributed by atoms with Crippen molar-refractivity contribution in [3.63, 3.8) is 0 Å². The molecule has 0 aliphatic rings. The van der Waals surface area contributed by atoms with Crippen LogP contribution in [0.25, 0.3) is 11.0 Å². The van der Waals surface area contributed by atoms with E-state index in [-0.39, 0.29) is 30.1 Å². The summed E-state index contributed by atoms with van der Waals surface area (Å²) in [5, 5.41) is 38.4. The quantitative estimate of drug-likeness (QED) is 0.573. The van der Waals surface area contributed by atoms with Crippen LogP contribution in [0.4, 0.5) is 5.95 Å². The third-order valence-electron chi connectivity index (χ3n) is 2.14. The van der Waals surface area contributed by atoms with Crippen molar-refractivity contribution in [2.24, 2.45) is 0 Å². The Labute approximate surface area is 101 Å². The van der Waals surface area contributed by atoms with Crippen molar-refractivity contribution in [2.75, 3.05) is 18.5 Å². The van der Waals surface area contributed by atoms with Crippen LogP contribution in [0.3, 0.4) is 0 Å².